The molecule has 2 heterocycles. The van der Waals surface area contributed by atoms with Gasteiger partial charge in [0.15, 0.2) is 16.9 Å². The van der Waals surface area contributed by atoms with E-state index in [-0.39, 0.29) is 21.7 Å². The lowest BCUT2D eigenvalue weighted by Gasteiger charge is -2.41. The van der Waals surface area contributed by atoms with Crippen LogP contribution in [-0.2, 0) is 43.8 Å². The quantitative estimate of drug-likeness (QED) is 0.0774. The van der Waals surface area contributed by atoms with Crippen LogP contribution in [0, 0.1) is 0 Å². The summed E-state index contributed by atoms with van der Waals surface area (Å²) in [5.41, 5.74) is 3.39. The third kappa shape index (κ3) is 7.46. The molecule has 206 valence electrons. The molecule has 4 N–H and O–H groups in total. The summed E-state index contributed by atoms with van der Waals surface area (Å²) in [7, 11) is -5.65. The average Bonchev–Trinajstić information content (AvgIpc) is 3.18. The Morgan fingerprint density at radius 1 is 1.32 bits per heavy atom. The maximum absolute atomic E-state index is 13.0. The average molecular weight is 580 g/mol. The number of amides is 2. The molecule has 0 aromatic carbocycles. The monoisotopic (exact) mass is 579 g/mol. The first kappa shape index (κ1) is 30.1. The third-order valence-electron chi connectivity index (χ3n) is 4.95. The molecule has 0 radical (unpaired) electrons. The Bertz CT molecular complexity index is 1210. The molecule has 1 aromatic rings. The lowest BCUT2D eigenvalue weighted by Crippen LogP contribution is -2.74. The van der Waals surface area contributed by atoms with E-state index in [1.807, 2.05) is 0 Å². The van der Waals surface area contributed by atoms with Crippen molar-refractivity contribution >= 4 is 64.3 Å². The molecule has 15 nitrogen and oxygen atoms in total. The summed E-state index contributed by atoms with van der Waals surface area (Å²) in [4.78, 5) is 59.2. The molecule has 0 bridgehead atoms. The lowest BCUT2D eigenvalue weighted by atomic mass is 9.98. The van der Waals surface area contributed by atoms with E-state index in [0.29, 0.717) is 0 Å². The molecule has 0 spiro atoms. The topological polar surface area (TPSA) is 217 Å². The fraction of sp³-hybridized carbons (Fsp3) is 0.579. The van der Waals surface area contributed by atoms with Gasteiger partial charge in [-0.1, -0.05) is 24.8 Å². The van der Waals surface area contributed by atoms with Crippen LogP contribution in [0.25, 0.3) is 0 Å². The van der Waals surface area contributed by atoms with E-state index in [9.17, 15) is 32.1 Å². The van der Waals surface area contributed by atoms with Crippen LogP contribution in [-0.4, -0.2) is 91.2 Å². The second-order valence-corrected chi connectivity index (χ2v) is 17.4. The minimum Gasteiger partial charge on any atom is -0.467 e. The van der Waals surface area contributed by atoms with E-state index in [0.717, 1.165) is 24.5 Å². The first-order valence-corrected chi connectivity index (χ1v) is 16.7. The molecule has 1 saturated heterocycles. The van der Waals surface area contributed by atoms with Gasteiger partial charge in [-0.05, 0) is 19.9 Å². The zero-order valence-electron chi connectivity index (χ0n) is 21.0. The molecular weight excluding hydrogens is 550 g/mol. The molecule has 18 heteroatoms. The summed E-state index contributed by atoms with van der Waals surface area (Å²) in [6.45, 7) is 9.26. The number of β-lactam (4-membered cyclic amide) rings is 1. The molecule has 2 atom stereocenters. The van der Waals surface area contributed by atoms with Gasteiger partial charge in [0.25, 0.3) is 11.8 Å². The zero-order valence-corrected chi connectivity index (χ0v) is 23.6. The normalized spacial score (nSPS) is 18.6. The first-order chi connectivity index (χ1) is 16.9. The van der Waals surface area contributed by atoms with Gasteiger partial charge in [-0.15, -0.1) is 11.3 Å². The van der Waals surface area contributed by atoms with E-state index >= 15 is 0 Å². The van der Waals surface area contributed by atoms with E-state index in [2.05, 4.69) is 39.8 Å². The van der Waals surface area contributed by atoms with Crippen LogP contribution in [0.4, 0.5) is 5.13 Å². The lowest BCUT2D eigenvalue weighted by molar-refractivity contribution is -0.167. The van der Waals surface area contributed by atoms with Gasteiger partial charge >= 0.3 is 22.2 Å². The number of esters is 2. The number of nitrogens with zero attached hydrogens (tertiary/aromatic N) is 3. The maximum atomic E-state index is 13.0. The number of nitrogen functional groups attached to an aromatic ring is 1. The van der Waals surface area contributed by atoms with Gasteiger partial charge in [-0.25, -0.2) is 14.6 Å². The number of aromatic nitrogens is 1. The standard InChI is InChI=1S/C19H29N5O10S2Si/c1-19(2,17(28)33-7-8-37(4,5)6)34-23-11(10-9-35-18(20)21-10)14(25)22-12-13(16(27)32-3)24(15(12)26)36(29,30)31/h9,12-13H,7-8H2,1-6H3,(H2,20,21)(H,22,25)(H,29,30,31)/t12-,13-/m1/s1. The number of oxime groups is 1. The van der Waals surface area contributed by atoms with E-state index in [1.54, 1.807) is 0 Å². The van der Waals surface area contributed by atoms with E-state index in [4.69, 9.17) is 15.3 Å². The van der Waals surface area contributed by atoms with Crippen LogP contribution < -0.4 is 11.1 Å². The molecule has 1 aliphatic rings. The molecular formula is C19H29N5O10S2Si. The second kappa shape index (κ2) is 11.1. The van der Waals surface area contributed by atoms with Crippen LogP contribution in [0.1, 0.15) is 19.5 Å². The Balaban J connectivity index is 2.27. The Labute approximate surface area is 218 Å². The molecule has 1 aliphatic heterocycles. The molecule has 1 aromatic heterocycles. The molecule has 0 unspecified atom stereocenters. The highest BCUT2D eigenvalue weighted by atomic mass is 32.2. The van der Waals surface area contributed by atoms with Crippen molar-refractivity contribution in [3.05, 3.63) is 11.1 Å². The zero-order chi connectivity index (χ0) is 28.3. The van der Waals surface area contributed by atoms with Crippen LogP contribution in [0.3, 0.4) is 0 Å². The van der Waals surface area contributed by atoms with Gasteiger partial charge in [0.1, 0.15) is 11.7 Å². The number of nitrogens with two attached hydrogens (primary N) is 1. The van der Waals surface area contributed by atoms with Gasteiger partial charge in [-0.3, -0.25) is 14.1 Å². The fourth-order valence-electron chi connectivity index (χ4n) is 2.84. The fourth-order valence-corrected chi connectivity index (χ4v) is 4.94. The molecule has 2 amide bonds. The SMILES string of the molecule is COC(=O)[C@H]1[C@@H](NC(=O)C(=NOC(C)(C)C(=O)OCC[Si](C)(C)C)c2csc(N)n2)C(=O)N1S(=O)(=O)O. The molecule has 0 saturated carbocycles. The van der Waals surface area contributed by atoms with Gasteiger partial charge in [0.05, 0.1) is 13.7 Å². The summed E-state index contributed by atoms with van der Waals surface area (Å²) in [6.07, 6.45) is 0. The Hall–Kier alpha value is -3.09. The van der Waals surface area contributed by atoms with Crippen molar-refractivity contribution in [1.82, 2.24) is 14.6 Å². The van der Waals surface area contributed by atoms with Crippen LogP contribution in [0.2, 0.25) is 25.7 Å². The minimum absolute atomic E-state index is 0.0604. The van der Waals surface area contributed by atoms with Crippen LogP contribution >= 0.6 is 11.3 Å². The highest BCUT2D eigenvalue weighted by Gasteiger charge is 2.58. The van der Waals surface area contributed by atoms with Gasteiger partial charge in [0, 0.05) is 13.5 Å². The van der Waals surface area contributed by atoms with Crippen molar-refractivity contribution < 1.29 is 46.5 Å². The summed E-state index contributed by atoms with van der Waals surface area (Å²) < 4.78 is 41.8. The molecule has 2 rings (SSSR count). The minimum atomic E-state index is -5.11. The number of hydrogen-bond donors (Lipinski definition) is 3. The Morgan fingerprint density at radius 3 is 2.43 bits per heavy atom. The van der Waals surface area contributed by atoms with Crippen LogP contribution in [0.5, 0.6) is 0 Å². The van der Waals surface area contributed by atoms with Crippen molar-refractivity contribution in [2.45, 2.75) is 57.2 Å². The van der Waals surface area contributed by atoms with E-state index in [1.165, 1.54) is 19.2 Å². The number of hydrogen-bond acceptors (Lipinski definition) is 13. The highest BCUT2D eigenvalue weighted by molar-refractivity contribution is 7.84. The Morgan fingerprint density at radius 2 is 1.95 bits per heavy atom. The third-order valence-corrected chi connectivity index (χ3v) is 8.23. The molecule has 1 fully saturated rings. The number of rotatable bonds is 11. The number of ether oxygens (including phenoxy) is 2. The van der Waals surface area contributed by atoms with Crippen molar-refractivity contribution in [2.75, 3.05) is 19.5 Å². The Kier molecular flexibility index (Phi) is 9.05. The second-order valence-electron chi connectivity index (χ2n) is 9.59. The number of methoxy groups -OCH3 is 1. The molecule has 0 aliphatic carbocycles. The number of anilines is 1. The smallest absolute Gasteiger partial charge is 0.363 e. The highest BCUT2D eigenvalue weighted by Crippen LogP contribution is 2.25. The summed E-state index contributed by atoms with van der Waals surface area (Å²) in [5, 5.41) is 7.31. The predicted molar refractivity (Wildman–Crippen MR) is 133 cm³/mol. The van der Waals surface area contributed by atoms with Gasteiger partial charge in [0.2, 0.25) is 5.60 Å². The van der Waals surface area contributed by atoms with Crippen molar-refractivity contribution in [1.29, 1.82) is 0 Å². The van der Waals surface area contributed by atoms with Gasteiger partial charge < -0.3 is 25.4 Å². The first-order valence-electron chi connectivity index (χ1n) is 10.7. The summed E-state index contributed by atoms with van der Waals surface area (Å²) in [6, 6.07) is -2.86. The number of thiazole rings is 1. The van der Waals surface area contributed by atoms with Crippen LogP contribution in [0.15, 0.2) is 10.5 Å². The summed E-state index contributed by atoms with van der Waals surface area (Å²) >= 11 is 0.956. The maximum Gasteiger partial charge on any atom is 0.363 e. The largest absolute Gasteiger partial charge is 0.467 e. The predicted octanol–water partition coefficient (Wildman–Crippen LogP) is -0.223. The van der Waals surface area contributed by atoms with Crippen molar-refractivity contribution in [3.8, 4) is 0 Å². The van der Waals surface area contributed by atoms with Crippen molar-refractivity contribution in [3.63, 3.8) is 0 Å². The van der Waals surface area contributed by atoms with E-state index < -0.39 is 65.5 Å². The number of carbonyl (C=O) groups is 4. The number of carbonyl (C=O) groups excluding carboxylic acids is 4. The van der Waals surface area contributed by atoms with Gasteiger partial charge in [-0.2, -0.15) is 12.7 Å². The van der Waals surface area contributed by atoms with Crippen molar-refractivity contribution in [2.24, 2.45) is 5.16 Å². The summed E-state index contributed by atoms with van der Waals surface area (Å²) in [5.74, 6) is -4.36. The molecule has 37 heavy (non-hydrogen) atoms. The number of nitrogens with one attached hydrogen (secondary N) is 1.